The number of aromatic nitrogens is 5. The van der Waals surface area contributed by atoms with Gasteiger partial charge in [0.15, 0.2) is 17.5 Å². The molecule has 6 nitrogen and oxygen atoms in total. The fraction of sp³-hybridized carbons (Fsp3) is 0. The molecule has 6 heteroatoms. The van der Waals surface area contributed by atoms with Crippen molar-refractivity contribution in [2.75, 3.05) is 4.90 Å². The highest BCUT2D eigenvalue weighted by Crippen LogP contribution is 2.51. The Morgan fingerprint density at radius 2 is 1.04 bits per heavy atom. The fourth-order valence-electron chi connectivity index (χ4n) is 6.40. The first-order valence-corrected chi connectivity index (χ1v) is 15.5. The van der Waals surface area contributed by atoms with Gasteiger partial charge in [-0.2, -0.15) is 0 Å². The van der Waals surface area contributed by atoms with Crippen LogP contribution in [0.4, 0.5) is 17.1 Å². The summed E-state index contributed by atoms with van der Waals surface area (Å²) in [7, 11) is 0. The number of benzene rings is 6. The van der Waals surface area contributed by atoms with Crippen molar-refractivity contribution < 1.29 is 0 Å². The van der Waals surface area contributed by atoms with E-state index in [-0.39, 0.29) is 0 Å². The van der Waals surface area contributed by atoms with Crippen molar-refractivity contribution in [3.8, 4) is 56.5 Å². The minimum absolute atomic E-state index is 0.604. The molecular weight excluding hydrogens is 576 g/mol. The summed E-state index contributed by atoms with van der Waals surface area (Å²) < 4.78 is 0. The Labute approximate surface area is 271 Å². The van der Waals surface area contributed by atoms with Gasteiger partial charge in [-0.15, -0.1) is 0 Å². The van der Waals surface area contributed by atoms with Gasteiger partial charge in [-0.05, 0) is 46.8 Å². The van der Waals surface area contributed by atoms with Crippen LogP contribution in [0.1, 0.15) is 0 Å². The monoisotopic (exact) mass is 602 g/mol. The molecule has 0 N–H and O–H groups in total. The van der Waals surface area contributed by atoms with E-state index in [0.717, 1.165) is 61.3 Å². The molecular formula is C41H26N6. The number of rotatable bonds is 5. The number of nitrogens with zero attached hydrogens (tertiary/aromatic N) is 6. The molecule has 0 aliphatic carbocycles. The third-order valence-corrected chi connectivity index (χ3v) is 8.55. The predicted octanol–water partition coefficient (Wildman–Crippen LogP) is 9.93. The summed E-state index contributed by atoms with van der Waals surface area (Å²) in [5.74, 6) is 1.86. The summed E-state index contributed by atoms with van der Waals surface area (Å²) in [5, 5.41) is 2.31. The Morgan fingerprint density at radius 3 is 1.72 bits per heavy atom. The quantitative estimate of drug-likeness (QED) is 0.195. The minimum atomic E-state index is 0.604. The molecule has 9 rings (SSSR count). The van der Waals surface area contributed by atoms with Gasteiger partial charge in [0.1, 0.15) is 6.33 Å². The van der Waals surface area contributed by atoms with Gasteiger partial charge in [-0.1, -0.05) is 115 Å². The molecule has 0 spiro atoms. The van der Waals surface area contributed by atoms with E-state index in [1.807, 2.05) is 72.9 Å². The van der Waals surface area contributed by atoms with Crippen molar-refractivity contribution in [3.63, 3.8) is 0 Å². The summed E-state index contributed by atoms with van der Waals surface area (Å²) in [5.41, 5.74) is 10.0. The highest BCUT2D eigenvalue weighted by Gasteiger charge is 2.28. The van der Waals surface area contributed by atoms with Crippen LogP contribution in [0.25, 0.3) is 67.3 Å². The van der Waals surface area contributed by atoms with E-state index in [9.17, 15) is 0 Å². The zero-order valence-electron chi connectivity index (χ0n) is 25.2. The molecule has 0 atom stereocenters. The van der Waals surface area contributed by atoms with Crippen LogP contribution >= 0.6 is 0 Å². The molecule has 8 aromatic rings. The Bertz CT molecular complexity index is 2350. The maximum atomic E-state index is 4.98. The SMILES string of the molecule is c1ccc(-c2cc3c4c(cccc4c2)N(c2cccc(-c4nc(-c5ccccc5)nc(-c5ccccc5)n4)c2)c2cncnc2-3)cc1. The molecule has 0 radical (unpaired) electrons. The summed E-state index contributed by atoms with van der Waals surface area (Å²) in [6, 6.07) is 49.9. The lowest BCUT2D eigenvalue weighted by Gasteiger charge is -2.32. The minimum Gasteiger partial charge on any atom is -0.306 e. The molecule has 3 heterocycles. The Kier molecular flexibility index (Phi) is 6.35. The normalized spacial score (nSPS) is 11.8. The maximum absolute atomic E-state index is 4.98. The van der Waals surface area contributed by atoms with Crippen molar-refractivity contribution in [2.24, 2.45) is 0 Å². The standard InChI is InChI=1S/C41H26N6/c1-4-12-27(13-5-1)32-22-30-18-11-21-35-37(30)34(24-32)38-36(25-42-26-43-38)47(35)33-20-10-19-31(23-33)41-45-39(28-14-6-2-7-15-28)44-40(46-41)29-16-8-3-9-17-29/h1-26H. The van der Waals surface area contributed by atoms with E-state index in [1.54, 1.807) is 6.33 Å². The molecule has 0 saturated carbocycles. The lowest BCUT2D eigenvalue weighted by atomic mass is 9.90. The van der Waals surface area contributed by atoms with Crippen molar-refractivity contribution >= 4 is 27.8 Å². The Hall–Kier alpha value is -6.53. The van der Waals surface area contributed by atoms with E-state index in [4.69, 9.17) is 19.9 Å². The van der Waals surface area contributed by atoms with Crippen molar-refractivity contribution in [1.82, 2.24) is 24.9 Å². The second kappa shape index (κ2) is 11.1. The van der Waals surface area contributed by atoms with Crippen molar-refractivity contribution in [3.05, 3.63) is 158 Å². The van der Waals surface area contributed by atoms with Crippen LogP contribution in [0.15, 0.2) is 158 Å². The maximum Gasteiger partial charge on any atom is 0.164 e. The fourth-order valence-corrected chi connectivity index (χ4v) is 6.40. The van der Waals surface area contributed by atoms with Gasteiger partial charge < -0.3 is 4.90 Å². The lowest BCUT2D eigenvalue weighted by Crippen LogP contribution is -2.16. The molecule has 0 unspecified atom stereocenters. The second-order valence-corrected chi connectivity index (χ2v) is 11.4. The van der Waals surface area contributed by atoms with E-state index in [0.29, 0.717) is 17.5 Å². The number of hydrogen-bond donors (Lipinski definition) is 0. The summed E-state index contributed by atoms with van der Waals surface area (Å²) in [6.45, 7) is 0. The molecule has 0 fully saturated rings. The molecule has 0 amide bonds. The number of anilines is 3. The molecule has 1 aliphatic heterocycles. The van der Waals surface area contributed by atoms with Gasteiger partial charge in [0.05, 0.1) is 23.3 Å². The van der Waals surface area contributed by atoms with Crippen LogP contribution in [0.5, 0.6) is 0 Å². The first-order chi connectivity index (χ1) is 23.3. The predicted molar refractivity (Wildman–Crippen MR) is 188 cm³/mol. The molecule has 6 aromatic carbocycles. The van der Waals surface area contributed by atoms with Gasteiger partial charge in [0.2, 0.25) is 0 Å². The molecule has 0 saturated heterocycles. The first-order valence-electron chi connectivity index (χ1n) is 15.5. The lowest BCUT2D eigenvalue weighted by molar-refractivity contribution is 1.07. The van der Waals surface area contributed by atoms with Crippen molar-refractivity contribution in [1.29, 1.82) is 0 Å². The number of hydrogen-bond acceptors (Lipinski definition) is 6. The summed E-state index contributed by atoms with van der Waals surface area (Å²) in [6.07, 6.45) is 3.53. The van der Waals surface area contributed by atoms with Gasteiger partial charge in [-0.25, -0.2) is 24.9 Å². The zero-order valence-corrected chi connectivity index (χ0v) is 25.2. The summed E-state index contributed by atoms with van der Waals surface area (Å²) >= 11 is 0. The highest BCUT2D eigenvalue weighted by atomic mass is 15.2. The van der Waals surface area contributed by atoms with Gasteiger partial charge >= 0.3 is 0 Å². The zero-order chi connectivity index (χ0) is 31.2. The van der Waals surface area contributed by atoms with Crippen LogP contribution in [0.2, 0.25) is 0 Å². The van der Waals surface area contributed by atoms with Crippen LogP contribution in [0.3, 0.4) is 0 Å². The number of fused-ring (bicyclic) bond motifs is 2. The third kappa shape index (κ3) is 4.71. The van der Waals surface area contributed by atoms with Gasteiger partial charge in [0.25, 0.3) is 0 Å². The van der Waals surface area contributed by atoms with Crippen molar-refractivity contribution in [2.45, 2.75) is 0 Å². The molecule has 0 bridgehead atoms. The van der Waals surface area contributed by atoms with E-state index in [1.165, 1.54) is 5.56 Å². The van der Waals surface area contributed by atoms with Crippen LogP contribution < -0.4 is 4.90 Å². The second-order valence-electron chi connectivity index (χ2n) is 11.4. The molecule has 1 aliphatic rings. The van der Waals surface area contributed by atoms with Gasteiger partial charge in [0, 0.05) is 33.3 Å². The van der Waals surface area contributed by atoms with Crippen LogP contribution in [0, 0.1) is 0 Å². The Balaban J connectivity index is 1.22. The highest BCUT2D eigenvalue weighted by molar-refractivity contribution is 6.14. The van der Waals surface area contributed by atoms with Gasteiger partial charge in [-0.3, -0.25) is 0 Å². The molecule has 220 valence electrons. The first kappa shape index (κ1) is 26.8. The topological polar surface area (TPSA) is 67.7 Å². The molecule has 2 aromatic heterocycles. The average Bonchev–Trinajstić information content (AvgIpc) is 3.16. The van der Waals surface area contributed by atoms with E-state index < -0.39 is 0 Å². The summed E-state index contributed by atoms with van der Waals surface area (Å²) in [4.78, 5) is 26.4. The average molecular weight is 603 g/mol. The van der Waals surface area contributed by atoms with Crippen LogP contribution in [-0.4, -0.2) is 24.9 Å². The molecule has 47 heavy (non-hydrogen) atoms. The van der Waals surface area contributed by atoms with Crippen LogP contribution in [-0.2, 0) is 0 Å². The third-order valence-electron chi connectivity index (χ3n) is 8.55. The largest absolute Gasteiger partial charge is 0.306 e. The van der Waals surface area contributed by atoms with E-state index in [2.05, 4.69) is 88.7 Å². The smallest absolute Gasteiger partial charge is 0.164 e. The Morgan fingerprint density at radius 1 is 0.447 bits per heavy atom. The van der Waals surface area contributed by atoms with E-state index >= 15 is 0 Å².